The zero-order chi connectivity index (χ0) is 19.8. The number of aliphatic hydroxyl groups excluding tert-OH is 1. The fourth-order valence-electron chi connectivity index (χ4n) is 4.63. The second-order valence-electron chi connectivity index (χ2n) is 8.07. The van der Waals surface area contributed by atoms with Gasteiger partial charge in [-0.25, -0.2) is 0 Å². The number of carboxylic acid groups (broad SMARTS) is 1. The van der Waals surface area contributed by atoms with Crippen LogP contribution in [0.15, 0.2) is 12.2 Å². The van der Waals surface area contributed by atoms with Gasteiger partial charge in [0.15, 0.2) is 6.29 Å². The van der Waals surface area contributed by atoms with E-state index >= 15 is 0 Å². The zero-order valence-electron chi connectivity index (χ0n) is 16.7. The maximum atomic E-state index is 10.8. The first-order valence-corrected chi connectivity index (χ1v) is 10.8. The second kappa shape index (κ2) is 11.3. The molecule has 0 radical (unpaired) electrons. The Morgan fingerprint density at radius 3 is 2.71 bits per heavy atom. The molecule has 3 aliphatic rings. The Bertz CT molecular complexity index is 501. The molecule has 0 aromatic rings. The number of ether oxygens (including phenoxy) is 3. The van der Waals surface area contributed by atoms with Gasteiger partial charge < -0.3 is 24.4 Å². The highest BCUT2D eigenvalue weighted by Gasteiger charge is 2.46. The molecule has 5 unspecified atom stereocenters. The Morgan fingerprint density at radius 2 is 2.00 bits per heavy atom. The Balaban J connectivity index is 1.59. The molecular weight excluding hydrogens is 362 g/mol. The summed E-state index contributed by atoms with van der Waals surface area (Å²) in [6, 6.07) is 0.160. The SMILES string of the molecule is O=C(O)CCCC=CCC1C(O)CC(OC2CCCCO2)C1N1CCOCC1. The van der Waals surface area contributed by atoms with Crippen LogP contribution in [0.3, 0.4) is 0 Å². The molecule has 1 saturated carbocycles. The van der Waals surface area contributed by atoms with Crippen LogP contribution >= 0.6 is 0 Å². The first kappa shape index (κ1) is 21.7. The predicted octanol–water partition coefficient (Wildman–Crippen LogP) is 2.18. The number of unbranched alkanes of at least 4 members (excludes halogenated alkanes) is 1. The van der Waals surface area contributed by atoms with E-state index < -0.39 is 12.1 Å². The maximum Gasteiger partial charge on any atom is 0.303 e. The third-order valence-electron chi connectivity index (χ3n) is 6.06. The van der Waals surface area contributed by atoms with Crippen LogP contribution in [0.5, 0.6) is 0 Å². The monoisotopic (exact) mass is 397 g/mol. The normalized spacial score (nSPS) is 34.8. The number of carboxylic acids is 1. The van der Waals surface area contributed by atoms with Crippen molar-refractivity contribution in [3.05, 3.63) is 12.2 Å². The molecule has 1 aliphatic carbocycles. The number of rotatable bonds is 9. The largest absolute Gasteiger partial charge is 0.481 e. The van der Waals surface area contributed by atoms with E-state index in [4.69, 9.17) is 19.3 Å². The van der Waals surface area contributed by atoms with Gasteiger partial charge >= 0.3 is 5.97 Å². The van der Waals surface area contributed by atoms with Crippen LogP contribution < -0.4 is 0 Å². The average molecular weight is 398 g/mol. The second-order valence-corrected chi connectivity index (χ2v) is 8.07. The van der Waals surface area contributed by atoms with E-state index in [0.717, 1.165) is 65.0 Å². The highest BCUT2D eigenvalue weighted by atomic mass is 16.7. The fourth-order valence-corrected chi connectivity index (χ4v) is 4.63. The lowest BCUT2D eigenvalue weighted by Crippen LogP contribution is -2.51. The lowest BCUT2D eigenvalue weighted by atomic mass is 9.95. The van der Waals surface area contributed by atoms with E-state index in [-0.39, 0.29) is 30.8 Å². The van der Waals surface area contributed by atoms with E-state index in [1.165, 1.54) is 0 Å². The van der Waals surface area contributed by atoms with E-state index in [9.17, 15) is 9.90 Å². The van der Waals surface area contributed by atoms with E-state index in [1.54, 1.807) is 0 Å². The van der Waals surface area contributed by atoms with Gasteiger partial charge in [0.2, 0.25) is 0 Å². The lowest BCUT2D eigenvalue weighted by molar-refractivity contribution is -0.200. The zero-order valence-corrected chi connectivity index (χ0v) is 16.7. The van der Waals surface area contributed by atoms with Crippen molar-refractivity contribution in [3.63, 3.8) is 0 Å². The molecule has 0 aromatic carbocycles. The number of morpholine rings is 1. The van der Waals surface area contributed by atoms with Crippen molar-refractivity contribution < 1.29 is 29.2 Å². The van der Waals surface area contributed by atoms with Crippen LogP contribution in [0.25, 0.3) is 0 Å². The van der Waals surface area contributed by atoms with Crippen molar-refractivity contribution in [3.8, 4) is 0 Å². The molecule has 0 aromatic heterocycles. The number of carbonyl (C=O) groups is 1. The highest BCUT2D eigenvalue weighted by Crippen LogP contribution is 2.37. The molecule has 3 fully saturated rings. The van der Waals surface area contributed by atoms with Crippen LogP contribution in [0.1, 0.15) is 51.4 Å². The molecule has 160 valence electrons. The van der Waals surface area contributed by atoms with Crippen molar-refractivity contribution in [1.29, 1.82) is 0 Å². The molecule has 2 N–H and O–H groups in total. The molecule has 0 bridgehead atoms. The number of hydrogen-bond acceptors (Lipinski definition) is 6. The van der Waals surface area contributed by atoms with Gasteiger partial charge in [0.05, 0.1) is 25.4 Å². The van der Waals surface area contributed by atoms with Gasteiger partial charge in [-0.1, -0.05) is 12.2 Å². The van der Waals surface area contributed by atoms with Crippen molar-refractivity contribution in [2.45, 2.75) is 75.9 Å². The van der Waals surface area contributed by atoms with Gasteiger partial charge in [-0.15, -0.1) is 0 Å². The minimum atomic E-state index is -0.753. The van der Waals surface area contributed by atoms with Crippen LogP contribution in [0.4, 0.5) is 0 Å². The molecule has 2 saturated heterocycles. The summed E-state index contributed by atoms with van der Waals surface area (Å²) in [5.74, 6) is -0.640. The minimum absolute atomic E-state index is 0.0263. The third kappa shape index (κ3) is 6.26. The summed E-state index contributed by atoms with van der Waals surface area (Å²) in [6.45, 7) is 3.92. The van der Waals surface area contributed by atoms with Crippen molar-refractivity contribution in [2.24, 2.45) is 5.92 Å². The van der Waals surface area contributed by atoms with Crippen molar-refractivity contribution >= 4 is 5.97 Å². The molecule has 0 spiro atoms. The van der Waals surface area contributed by atoms with Crippen LogP contribution in [-0.2, 0) is 19.0 Å². The number of aliphatic carboxylic acids is 1. The van der Waals surface area contributed by atoms with Crippen LogP contribution in [0.2, 0.25) is 0 Å². The Morgan fingerprint density at radius 1 is 1.18 bits per heavy atom. The Labute approximate surface area is 167 Å². The average Bonchev–Trinajstić information content (AvgIpc) is 3.00. The van der Waals surface area contributed by atoms with E-state index in [1.807, 2.05) is 6.08 Å². The standard InChI is InChI=1S/C21H35NO6/c23-17-15-18(28-20-9-5-6-12-27-20)21(22-10-13-26-14-11-22)16(17)7-3-1-2-4-8-19(24)25/h1,3,16-18,20-21,23H,2,4-15H2,(H,24,25). The number of aliphatic hydroxyl groups is 1. The lowest BCUT2D eigenvalue weighted by Gasteiger charge is -2.39. The highest BCUT2D eigenvalue weighted by molar-refractivity contribution is 5.66. The fraction of sp³-hybridized carbons (Fsp3) is 0.857. The summed E-state index contributed by atoms with van der Waals surface area (Å²) in [5, 5.41) is 19.5. The summed E-state index contributed by atoms with van der Waals surface area (Å²) < 4.78 is 17.6. The minimum Gasteiger partial charge on any atom is -0.481 e. The smallest absolute Gasteiger partial charge is 0.303 e. The number of hydrogen-bond donors (Lipinski definition) is 2. The van der Waals surface area contributed by atoms with Gasteiger partial charge in [0.1, 0.15) is 0 Å². The molecule has 2 aliphatic heterocycles. The van der Waals surface area contributed by atoms with Crippen LogP contribution in [-0.4, -0.2) is 78.5 Å². The Kier molecular flexibility index (Phi) is 8.73. The van der Waals surface area contributed by atoms with Gasteiger partial charge in [0.25, 0.3) is 0 Å². The number of nitrogens with zero attached hydrogens (tertiary/aromatic N) is 1. The summed E-state index contributed by atoms with van der Waals surface area (Å²) >= 11 is 0. The third-order valence-corrected chi connectivity index (χ3v) is 6.06. The first-order valence-electron chi connectivity index (χ1n) is 10.8. The quantitative estimate of drug-likeness (QED) is 0.455. The van der Waals surface area contributed by atoms with Crippen molar-refractivity contribution in [2.75, 3.05) is 32.9 Å². The summed E-state index contributed by atoms with van der Waals surface area (Å²) in [4.78, 5) is 13.0. The predicted molar refractivity (Wildman–Crippen MR) is 104 cm³/mol. The Hall–Kier alpha value is -0.990. The van der Waals surface area contributed by atoms with Gasteiger partial charge in [-0.2, -0.15) is 0 Å². The molecule has 28 heavy (non-hydrogen) atoms. The molecule has 7 nitrogen and oxygen atoms in total. The topological polar surface area (TPSA) is 88.5 Å². The van der Waals surface area contributed by atoms with Gasteiger partial charge in [0, 0.05) is 44.5 Å². The molecular formula is C21H35NO6. The van der Waals surface area contributed by atoms with E-state index in [0.29, 0.717) is 12.8 Å². The summed E-state index contributed by atoms with van der Waals surface area (Å²) in [7, 11) is 0. The molecule has 5 atom stereocenters. The molecule has 7 heteroatoms. The van der Waals surface area contributed by atoms with E-state index in [2.05, 4.69) is 11.0 Å². The summed E-state index contributed by atoms with van der Waals surface area (Å²) in [5.41, 5.74) is 0. The molecule has 3 rings (SSSR count). The number of allylic oxidation sites excluding steroid dienone is 2. The van der Waals surface area contributed by atoms with Crippen molar-refractivity contribution in [1.82, 2.24) is 4.90 Å². The van der Waals surface area contributed by atoms with Gasteiger partial charge in [-0.05, 0) is 38.5 Å². The molecule has 2 heterocycles. The van der Waals surface area contributed by atoms with Crippen LogP contribution in [0, 0.1) is 5.92 Å². The maximum absolute atomic E-state index is 10.8. The molecule has 0 amide bonds. The first-order chi connectivity index (χ1) is 13.6. The van der Waals surface area contributed by atoms with Gasteiger partial charge in [-0.3, -0.25) is 9.69 Å². The summed E-state index contributed by atoms with van der Waals surface area (Å²) in [6.07, 6.45) is 9.74.